The van der Waals surface area contributed by atoms with E-state index in [1.165, 1.54) is 6.08 Å². The normalized spacial score (nSPS) is 7.89. The van der Waals surface area contributed by atoms with Gasteiger partial charge >= 0.3 is 0 Å². The Balaban J connectivity index is 0. The SMILES string of the molecule is C/C=C/C(=O)Cl.C=CC. The van der Waals surface area contributed by atoms with Gasteiger partial charge in [0.1, 0.15) is 0 Å². The van der Waals surface area contributed by atoms with Crippen LogP contribution in [0.25, 0.3) is 0 Å². The minimum atomic E-state index is -0.419. The summed E-state index contributed by atoms with van der Waals surface area (Å²) in [7, 11) is 0. The van der Waals surface area contributed by atoms with E-state index >= 15 is 0 Å². The lowest BCUT2D eigenvalue weighted by atomic mass is 10.6. The number of halogens is 1. The van der Waals surface area contributed by atoms with E-state index in [0.717, 1.165) is 0 Å². The molecule has 0 N–H and O–H groups in total. The van der Waals surface area contributed by atoms with Crippen molar-refractivity contribution in [2.45, 2.75) is 13.8 Å². The number of carbonyl (C=O) groups excluding carboxylic acids is 1. The van der Waals surface area contributed by atoms with Gasteiger partial charge in [-0.15, -0.1) is 6.58 Å². The standard InChI is InChI=1S/C4H5ClO.C3H6/c1-2-3-4(5)6;1-3-2/h2-3H,1H3;3H,1H2,2H3/b3-2+;. The first kappa shape index (κ1) is 11.3. The molecule has 0 heterocycles. The van der Waals surface area contributed by atoms with Crippen LogP contribution in [-0.2, 0) is 4.79 Å². The number of allylic oxidation sites excluding steroid dienone is 3. The summed E-state index contributed by atoms with van der Waals surface area (Å²) in [6.45, 7) is 6.99. The van der Waals surface area contributed by atoms with Gasteiger partial charge in [0.2, 0.25) is 5.24 Å². The molecule has 0 aliphatic rings. The van der Waals surface area contributed by atoms with Crippen LogP contribution in [0.5, 0.6) is 0 Å². The van der Waals surface area contributed by atoms with E-state index < -0.39 is 5.24 Å². The minimum absolute atomic E-state index is 0.419. The Morgan fingerprint density at radius 2 is 1.89 bits per heavy atom. The molecule has 0 fully saturated rings. The maximum absolute atomic E-state index is 9.72. The third-order valence-corrected chi connectivity index (χ3v) is 0.424. The molecule has 9 heavy (non-hydrogen) atoms. The molecule has 1 nitrogen and oxygen atoms in total. The third kappa shape index (κ3) is 37.0. The molecule has 0 aromatic carbocycles. The Morgan fingerprint density at radius 3 is 1.89 bits per heavy atom. The van der Waals surface area contributed by atoms with E-state index in [-0.39, 0.29) is 0 Å². The van der Waals surface area contributed by atoms with Gasteiger partial charge in [-0.05, 0) is 31.5 Å². The fourth-order valence-corrected chi connectivity index (χ4v) is 0.257. The van der Waals surface area contributed by atoms with Crippen LogP contribution < -0.4 is 0 Å². The van der Waals surface area contributed by atoms with Crippen molar-refractivity contribution in [3.05, 3.63) is 24.8 Å². The van der Waals surface area contributed by atoms with Gasteiger partial charge in [-0.3, -0.25) is 4.79 Å². The molecular weight excluding hydrogens is 136 g/mol. The predicted molar refractivity (Wildman–Crippen MR) is 41.5 cm³/mol. The Labute approximate surface area is 61.0 Å². The van der Waals surface area contributed by atoms with E-state index in [1.54, 1.807) is 19.1 Å². The van der Waals surface area contributed by atoms with Crippen molar-refractivity contribution >= 4 is 16.8 Å². The van der Waals surface area contributed by atoms with Crippen molar-refractivity contribution in [3.63, 3.8) is 0 Å². The molecule has 0 bridgehead atoms. The molecule has 0 saturated heterocycles. The van der Waals surface area contributed by atoms with Gasteiger partial charge in [-0.2, -0.15) is 0 Å². The van der Waals surface area contributed by atoms with Crippen LogP contribution >= 0.6 is 11.6 Å². The number of hydrogen-bond acceptors (Lipinski definition) is 1. The zero-order valence-electron chi connectivity index (χ0n) is 5.73. The van der Waals surface area contributed by atoms with Gasteiger partial charge in [-0.1, -0.05) is 12.2 Å². The molecular formula is C7H11ClO. The van der Waals surface area contributed by atoms with Crippen LogP contribution in [0.3, 0.4) is 0 Å². The number of rotatable bonds is 1. The summed E-state index contributed by atoms with van der Waals surface area (Å²) < 4.78 is 0. The van der Waals surface area contributed by atoms with E-state index in [4.69, 9.17) is 11.6 Å². The zero-order chi connectivity index (χ0) is 7.70. The van der Waals surface area contributed by atoms with Crippen LogP contribution in [-0.4, -0.2) is 5.24 Å². The second-order valence-corrected chi connectivity index (χ2v) is 1.58. The molecule has 0 atom stereocenters. The van der Waals surface area contributed by atoms with Crippen molar-refractivity contribution in [1.29, 1.82) is 0 Å². The Bertz CT molecular complexity index is 105. The molecule has 0 rings (SSSR count). The lowest BCUT2D eigenvalue weighted by molar-refractivity contribution is -0.107. The molecule has 0 spiro atoms. The van der Waals surface area contributed by atoms with Crippen molar-refractivity contribution < 1.29 is 4.79 Å². The summed E-state index contributed by atoms with van der Waals surface area (Å²) in [4.78, 5) is 9.72. The van der Waals surface area contributed by atoms with Crippen LogP contribution in [0.15, 0.2) is 24.8 Å². The van der Waals surface area contributed by atoms with Crippen LogP contribution in [0, 0.1) is 0 Å². The molecule has 0 aliphatic carbocycles. The average Bonchev–Trinajstić information content (AvgIpc) is 1.67. The molecule has 0 saturated carbocycles. The predicted octanol–water partition coefficient (Wildman–Crippen LogP) is 2.52. The highest BCUT2D eigenvalue weighted by molar-refractivity contribution is 6.66. The summed E-state index contributed by atoms with van der Waals surface area (Å²) in [5.74, 6) is 0. The van der Waals surface area contributed by atoms with Crippen molar-refractivity contribution in [3.8, 4) is 0 Å². The first-order valence-corrected chi connectivity index (χ1v) is 2.96. The molecule has 52 valence electrons. The monoisotopic (exact) mass is 146 g/mol. The highest BCUT2D eigenvalue weighted by Crippen LogP contribution is 1.78. The second kappa shape index (κ2) is 10.4. The molecule has 2 heteroatoms. The molecule has 0 amide bonds. The zero-order valence-corrected chi connectivity index (χ0v) is 6.48. The maximum atomic E-state index is 9.72. The summed E-state index contributed by atoms with van der Waals surface area (Å²) in [6.07, 6.45) is 4.64. The Kier molecular flexibility index (Phi) is 13.1. The molecule has 0 unspecified atom stereocenters. The maximum Gasteiger partial charge on any atom is 0.244 e. The summed E-state index contributed by atoms with van der Waals surface area (Å²) in [5.41, 5.74) is 0. The van der Waals surface area contributed by atoms with Gasteiger partial charge in [0, 0.05) is 0 Å². The lowest BCUT2D eigenvalue weighted by Gasteiger charge is -1.65. The van der Waals surface area contributed by atoms with Gasteiger partial charge < -0.3 is 0 Å². The quantitative estimate of drug-likeness (QED) is 0.316. The van der Waals surface area contributed by atoms with Gasteiger partial charge in [0.05, 0.1) is 0 Å². The van der Waals surface area contributed by atoms with E-state index in [0.29, 0.717) is 0 Å². The summed E-state index contributed by atoms with van der Waals surface area (Å²) in [6, 6.07) is 0. The average molecular weight is 147 g/mol. The molecule has 0 aromatic heterocycles. The van der Waals surface area contributed by atoms with Crippen LogP contribution in [0.2, 0.25) is 0 Å². The third-order valence-electron chi connectivity index (χ3n) is 0.298. The highest BCUT2D eigenvalue weighted by Gasteiger charge is 1.77. The largest absolute Gasteiger partial charge is 0.276 e. The van der Waals surface area contributed by atoms with Gasteiger partial charge in [0.25, 0.3) is 0 Å². The summed E-state index contributed by atoms with van der Waals surface area (Å²) in [5, 5.41) is -0.419. The highest BCUT2D eigenvalue weighted by atomic mass is 35.5. The topological polar surface area (TPSA) is 17.1 Å². The van der Waals surface area contributed by atoms with Crippen molar-refractivity contribution in [2.75, 3.05) is 0 Å². The van der Waals surface area contributed by atoms with Crippen molar-refractivity contribution in [2.24, 2.45) is 0 Å². The van der Waals surface area contributed by atoms with Gasteiger partial charge in [-0.25, -0.2) is 0 Å². The fourth-order valence-electron chi connectivity index (χ4n) is 0.131. The van der Waals surface area contributed by atoms with Gasteiger partial charge in [0.15, 0.2) is 0 Å². The van der Waals surface area contributed by atoms with E-state index in [1.807, 2.05) is 6.92 Å². The molecule has 0 aromatic rings. The van der Waals surface area contributed by atoms with Crippen LogP contribution in [0.1, 0.15) is 13.8 Å². The number of hydrogen-bond donors (Lipinski definition) is 0. The summed E-state index contributed by atoms with van der Waals surface area (Å²) >= 11 is 4.85. The molecule has 0 aliphatic heterocycles. The van der Waals surface area contributed by atoms with E-state index in [9.17, 15) is 4.79 Å². The van der Waals surface area contributed by atoms with Crippen molar-refractivity contribution in [1.82, 2.24) is 0 Å². The Hall–Kier alpha value is -0.560. The van der Waals surface area contributed by atoms with Crippen LogP contribution in [0.4, 0.5) is 0 Å². The first-order chi connectivity index (χ1) is 4.18. The minimum Gasteiger partial charge on any atom is -0.276 e. The smallest absolute Gasteiger partial charge is 0.244 e. The Morgan fingerprint density at radius 1 is 1.56 bits per heavy atom. The second-order valence-electron chi connectivity index (χ2n) is 1.21. The number of carbonyl (C=O) groups is 1. The molecule has 0 radical (unpaired) electrons. The fraction of sp³-hybridized carbons (Fsp3) is 0.286. The lowest BCUT2D eigenvalue weighted by Crippen LogP contribution is -1.70. The van der Waals surface area contributed by atoms with E-state index in [2.05, 4.69) is 6.58 Å². The first-order valence-electron chi connectivity index (χ1n) is 2.58.